The van der Waals surface area contributed by atoms with Crippen molar-refractivity contribution in [3.63, 3.8) is 0 Å². The van der Waals surface area contributed by atoms with Gasteiger partial charge < -0.3 is 15.3 Å². The second kappa shape index (κ2) is 7.96. The molecule has 0 aromatic rings. The number of hydrogen-bond donors (Lipinski definition) is 2. The summed E-state index contributed by atoms with van der Waals surface area (Å²) < 4.78 is 0. The van der Waals surface area contributed by atoms with Crippen molar-refractivity contribution in [1.82, 2.24) is 15.1 Å². The molecule has 2 heterocycles. The van der Waals surface area contributed by atoms with Crippen LogP contribution in [0.5, 0.6) is 0 Å². The minimum Gasteiger partial charge on any atom is -0.480 e. The Morgan fingerprint density at radius 2 is 2.08 bits per heavy atom. The summed E-state index contributed by atoms with van der Waals surface area (Å²) in [4.78, 5) is 40.0. The van der Waals surface area contributed by atoms with Gasteiger partial charge in [0.25, 0.3) is 0 Å². The molecule has 2 aliphatic heterocycles. The van der Waals surface area contributed by atoms with E-state index in [2.05, 4.69) is 17.1 Å². The fraction of sp³-hybridized carbons (Fsp3) is 0.824. The van der Waals surface area contributed by atoms with Crippen molar-refractivity contribution in [3.05, 3.63) is 0 Å². The zero-order chi connectivity index (χ0) is 17.9. The van der Waals surface area contributed by atoms with Crippen LogP contribution < -0.4 is 5.32 Å². The predicted molar refractivity (Wildman–Crippen MR) is 89.4 cm³/mol. The molecule has 0 aromatic carbocycles. The van der Waals surface area contributed by atoms with Crippen LogP contribution in [-0.4, -0.2) is 71.0 Å². The van der Waals surface area contributed by atoms with E-state index in [1.54, 1.807) is 18.7 Å². The molecule has 0 radical (unpaired) electrons. The maximum Gasteiger partial charge on any atom is 0.326 e. The number of aliphatic carboxylic acids is 1. The first-order chi connectivity index (χ1) is 11.3. The highest BCUT2D eigenvalue weighted by molar-refractivity contribution is 5.91. The molecule has 2 fully saturated rings. The number of amides is 2. The van der Waals surface area contributed by atoms with Gasteiger partial charge in [0.15, 0.2) is 0 Å². The summed E-state index contributed by atoms with van der Waals surface area (Å²) in [6.07, 6.45) is 2.41. The average molecular weight is 339 g/mol. The second-order valence-corrected chi connectivity index (χ2v) is 7.19. The van der Waals surface area contributed by atoms with Crippen LogP contribution >= 0.6 is 0 Å². The summed E-state index contributed by atoms with van der Waals surface area (Å²) >= 11 is 0. The molecule has 2 N–H and O–H groups in total. The Kier molecular flexibility index (Phi) is 6.21. The van der Waals surface area contributed by atoms with Gasteiger partial charge in [-0.2, -0.15) is 0 Å². The van der Waals surface area contributed by atoms with Crippen LogP contribution in [0.4, 0.5) is 0 Å². The van der Waals surface area contributed by atoms with Crippen LogP contribution in [0.15, 0.2) is 0 Å². The molecular formula is C17H29N3O4. The number of likely N-dealkylation sites (tertiary alicyclic amines) is 2. The maximum absolute atomic E-state index is 12.3. The summed E-state index contributed by atoms with van der Waals surface area (Å²) in [7, 11) is 0. The van der Waals surface area contributed by atoms with Crippen molar-refractivity contribution in [2.45, 2.75) is 52.1 Å². The molecule has 0 unspecified atom stereocenters. The molecule has 0 aliphatic carbocycles. The van der Waals surface area contributed by atoms with Crippen LogP contribution in [0.25, 0.3) is 0 Å². The Bertz CT molecular complexity index is 494. The lowest BCUT2D eigenvalue weighted by molar-refractivity contribution is -0.143. The summed E-state index contributed by atoms with van der Waals surface area (Å²) in [5.41, 5.74) is 0. The summed E-state index contributed by atoms with van der Waals surface area (Å²) in [5.74, 6) is -2.02. The first-order valence-corrected chi connectivity index (χ1v) is 8.88. The third-order valence-corrected chi connectivity index (χ3v) is 5.15. The van der Waals surface area contributed by atoms with Crippen LogP contribution in [0.3, 0.4) is 0 Å². The Morgan fingerprint density at radius 1 is 1.38 bits per heavy atom. The molecule has 3 atom stereocenters. The van der Waals surface area contributed by atoms with E-state index in [4.69, 9.17) is 0 Å². The van der Waals surface area contributed by atoms with Crippen molar-refractivity contribution in [2.24, 2.45) is 11.8 Å². The lowest BCUT2D eigenvalue weighted by atomic mass is 10.0. The topological polar surface area (TPSA) is 89.9 Å². The van der Waals surface area contributed by atoms with E-state index >= 15 is 0 Å². The Morgan fingerprint density at radius 3 is 2.67 bits per heavy atom. The van der Waals surface area contributed by atoms with Crippen LogP contribution in [0, 0.1) is 11.8 Å². The van der Waals surface area contributed by atoms with Gasteiger partial charge in [0, 0.05) is 25.6 Å². The molecule has 2 rings (SSSR count). The molecular weight excluding hydrogens is 310 g/mol. The molecule has 0 bridgehead atoms. The van der Waals surface area contributed by atoms with E-state index < -0.39 is 17.9 Å². The van der Waals surface area contributed by atoms with E-state index in [0.717, 1.165) is 25.9 Å². The van der Waals surface area contributed by atoms with Crippen LogP contribution in [0.1, 0.15) is 40.0 Å². The number of carbonyl (C=O) groups excluding carboxylic acids is 2. The van der Waals surface area contributed by atoms with E-state index in [9.17, 15) is 19.5 Å². The number of carboxylic acids is 1. The summed E-state index contributed by atoms with van der Waals surface area (Å²) in [6, 6.07) is -0.532. The molecule has 7 heteroatoms. The quantitative estimate of drug-likeness (QED) is 0.707. The number of rotatable bonds is 7. The Balaban J connectivity index is 1.91. The largest absolute Gasteiger partial charge is 0.480 e. The van der Waals surface area contributed by atoms with E-state index in [-0.39, 0.29) is 24.2 Å². The zero-order valence-electron chi connectivity index (χ0n) is 14.8. The number of carboxylic acid groups (broad SMARTS) is 1. The highest BCUT2D eigenvalue weighted by Crippen LogP contribution is 2.23. The van der Waals surface area contributed by atoms with Gasteiger partial charge in [-0.15, -0.1) is 0 Å². The standard InChI is InChI=1S/C17H29N3O4/c1-4-19-7-5-6-13(19)10-20-9-12(8-14(20)21)16(22)18-15(11(2)3)17(23)24/h11-13,15H,4-10H2,1-3H3,(H,18,22)(H,23,24)/t12-,13+,15-/m1/s1. The van der Waals surface area contributed by atoms with Gasteiger partial charge >= 0.3 is 5.97 Å². The Labute approximate surface area is 143 Å². The third-order valence-electron chi connectivity index (χ3n) is 5.15. The number of likely N-dealkylation sites (N-methyl/N-ethyl adjacent to an activating group) is 1. The molecule has 136 valence electrons. The van der Waals surface area contributed by atoms with E-state index in [1.165, 1.54) is 0 Å². The smallest absolute Gasteiger partial charge is 0.326 e. The molecule has 2 saturated heterocycles. The number of hydrogen-bond acceptors (Lipinski definition) is 4. The van der Waals surface area contributed by atoms with E-state index in [0.29, 0.717) is 19.1 Å². The monoisotopic (exact) mass is 339 g/mol. The fourth-order valence-electron chi connectivity index (χ4n) is 3.68. The predicted octanol–water partition coefficient (Wildman–Crippen LogP) is 0.545. The van der Waals surface area contributed by atoms with Gasteiger partial charge in [0.1, 0.15) is 6.04 Å². The SMILES string of the molecule is CCN1CCC[C@H]1CN1C[C@H](C(=O)N[C@@H](C(=O)O)C(C)C)CC1=O. The molecule has 2 amide bonds. The normalized spacial score (nSPS) is 26.2. The molecule has 24 heavy (non-hydrogen) atoms. The molecule has 2 aliphatic rings. The van der Waals surface area contributed by atoms with Crippen molar-refractivity contribution >= 4 is 17.8 Å². The zero-order valence-corrected chi connectivity index (χ0v) is 14.8. The third kappa shape index (κ3) is 4.26. The van der Waals surface area contributed by atoms with Crippen molar-refractivity contribution in [3.8, 4) is 0 Å². The van der Waals surface area contributed by atoms with Crippen molar-refractivity contribution in [2.75, 3.05) is 26.2 Å². The van der Waals surface area contributed by atoms with Gasteiger partial charge in [-0.05, 0) is 31.8 Å². The molecule has 7 nitrogen and oxygen atoms in total. The maximum atomic E-state index is 12.3. The fourth-order valence-corrected chi connectivity index (χ4v) is 3.68. The molecule has 0 saturated carbocycles. The lowest BCUT2D eigenvalue weighted by Crippen LogP contribution is -2.47. The number of carbonyl (C=O) groups is 3. The number of nitrogens with zero attached hydrogens (tertiary/aromatic N) is 2. The van der Waals surface area contributed by atoms with Crippen LogP contribution in [-0.2, 0) is 14.4 Å². The lowest BCUT2D eigenvalue weighted by Gasteiger charge is -2.27. The molecule has 0 aromatic heterocycles. The highest BCUT2D eigenvalue weighted by atomic mass is 16.4. The number of nitrogens with one attached hydrogen (secondary N) is 1. The minimum atomic E-state index is -1.04. The van der Waals surface area contributed by atoms with Gasteiger partial charge in [0.05, 0.1) is 5.92 Å². The Hall–Kier alpha value is -1.63. The van der Waals surface area contributed by atoms with Gasteiger partial charge in [0.2, 0.25) is 11.8 Å². The minimum absolute atomic E-state index is 0.00507. The highest BCUT2D eigenvalue weighted by Gasteiger charge is 2.38. The van der Waals surface area contributed by atoms with E-state index in [1.807, 2.05) is 0 Å². The van der Waals surface area contributed by atoms with Crippen LogP contribution in [0.2, 0.25) is 0 Å². The first kappa shape index (κ1) is 18.7. The van der Waals surface area contributed by atoms with Gasteiger partial charge in [-0.25, -0.2) is 4.79 Å². The van der Waals surface area contributed by atoms with Crippen molar-refractivity contribution < 1.29 is 19.5 Å². The molecule has 0 spiro atoms. The van der Waals surface area contributed by atoms with Crippen molar-refractivity contribution in [1.29, 1.82) is 0 Å². The second-order valence-electron chi connectivity index (χ2n) is 7.19. The van der Waals surface area contributed by atoms with Gasteiger partial charge in [-0.1, -0.05) is 20.8 Å². The average Bonchev–Trinajstić information content (AvgIpc) is 3.11. The first-order valence-electron chi connectivity index (χ1n) is 8.88. The summed E-state index contributed by atoms with van der Waals surface area (Å²) in [6.45, 7) is 8.74. The van der Waals surface area contributed by atoms with Gasteiger partial charge in [-0.3, -0.25) is 14.5 Å². The summed E-state index contributed by atoms with van der Waals surface area (Å²) in [5, 5.41) is 11.8.